The van der Waals surface area contributed by atoms with Gasteiger partial charge in [0.2, 0.25) is 11.7 Å². The summed E-state index contributed by atoms with van der Waals surface area (Å²) in [6, 6.07) is 3.80. The smallest absolute Gasteiger partial charge is 0.244 e. The molecule has 1 atom stereocenters. The van der Waals surface area contributed by atoms with E-state index in [1.54, 1.807) is 12.3 Å². The van der Waals surface area contributed by atoms with Crippen molar-refractivity contribution in [2.45, 2.75) is 25.3 Å². The molecule has 6 heteroatoms. The van der Waals surface area contributed by atoms with Gasteiger partial charge in [-0.25, -0.2) is 4.98 Å². The zero-order valence-electron chi connectivity index (χ0n) is 9.77. The van der Waals surface area contributed by atoms with Crippen LogP contribution in [0.25, 0.3) is 11.4 Å². The topological polar surface area (TPSA) is 63.8 Å². The van der Waals surface area contributed by atoms with Crippen LogP contribution < -0.4 is 5.32 Å². The molecule has 1 fully saturated rings. The highest BCUT2D eigenvalue weighted by atomic mass is 35.5. The number of piperidine rings is 1. The Hall–Kier alpha value is -1.46. The highest BCUT2D eigenvalue weighted by molar-refractivity contribution is 6.31. The maximum absolute atomic E-state index is 6.01. The van der Waals surface area contributed by atoms with E-state index in [0.29, 0.717) is 22.4 Å². The Morgan fingerprint density at radius 3 is 3.11 bits per heavy atom. The highest BCUT2D eigenvalue weighted by Gasteiger charge is 2.22. The van der Waals surface area contributed by atoms with Crippen molar-refractivity contribution in [3.05, 3.63) is 29.4 Å². The van der Waals surface area contributed by atoms with Gasteiger partial charge in [-0.1, -0.05) is 23.2 Å². The van der Waals surface area contributed by atoms with Crippen LogP contribution in [0.15, 0.2) is 22.9 Å². The zero-order chi connectivity index (χ0) is 12.4. The number of hydrogen-bond acceptors (Lipinski definition) is 5. The van der Waals surface area contributed by atoms with Crippen LogP contribution in [0.5, 0.6) is 0 Å². The number of halogens is 1. The van der Waals surface area contributed by atoms with Gasteiger partial charge in [0.1, 0.15) is 5.15 Å². The molecule has 1 saturated heterocycles. The van der Waals surface area contributed by atoms with E-state index < -0.39 is 0 Å². The number of pyridine rings is 1. The quantitative estimate of drug-likeness (QED) is 0.845. The minimum Gasteiger partial charge on any atom is -0.337 e. The van der Waals surface area contributed by atoms with E-state index in [9.17, 15) is 0 Å². The minimum atomic E-state index is 0.162. The predicted molar refractivity (Wildman–Crippen MR) is 67.1 cm³/mol. The number of hydrogen-bond donors (Lipinski definition) is 1. The fraction of sp³-hybridized carbons (Fsp3) is 0.417. The van der Waals surface area contributed by atoms with Gasteiger partial charge < -0.3 is 9.84 Å². The van der Waals surface area contributed by atoms with Gasteiger partial charge in [-0.05, 0) is 31.5 Å². The number of aromatic nitrogens is 3. The predicted octanol–water partition coefficient (Wildman–Crippen LogP) is 2.60. The van der Waals surface area contributed by atoms with E-state index in [2.05, 4.69) is 20.4 Å². The second-order valence-corrected chi connectivity index (χ2v) is 4.66. The van der Waals surface area contributed by atoms with Gasteiger partial charge in [0, 0.05) is 6.20 Å². The second kappa shape index (κ2) is 5.04. The zero-order valence-corrected chi connectivity index (χ0v) is 10.5. The lowest BCUT2D eigenvalue weighted by Gasteiger charge is -2.19. The molecule has 0 aliphatic carbocycles. The molecule has 0 aromatic carbocycles. The van der Waals surface area contributed by atoms with Gasteiger partial charge in [-0.15, -0.1) is 0 Å². The van der Waals surface area contributed by atoms with Gasteiger partial charge in [-0.3, -0.25) is 0 Å². The SMILES string of the molecule is Clc1ncccc1-c1noc(C2CCCCN2)n1. The monoisotopic (exact) mass is 264 g/mol. The van der Waals surface area contributed by atoms with Crippen molar-refractivity contribution in [2.75, 3.05) is 6.54 Å². The van der Waals surface area contributed by atoms with Gasteiger partial charge in [0.15, 0.2) is 0 Å². The highest BCUT2D eigenvalue weighted by Crippen LogP contribution is 2.26. The molecule has 0 saturated carbocycles. The molecule has 2 aromatic heterocycles. The third kappa shape index (κ3) is 2.23. The molecule has 0 bridgehead atoms. The average Bonchev–Trinajstić information content (AvgIpc) is 2.90. The standard InChI is InChI=1S/C12H13ClN4O/c13-10-8(4-3-7-15-10)11-16-12(18-17-11)9-5-1-2-6-14-9/h3-4,7,9,14H,1-2,5-6H2. The number of nitrogens with zero attached hydrogens (tertiary/aromatic N) is 3. The van der Waals surface area contributed by atoms with Crippen LogP contribution in [0.1, 0.15) is 31.2 Å². The molecule has 3 heterocycles. The summed E-state index contributed by atoms with van der Waals surface area (Å²) in [5.41, 5.74) is 0.699. The molecule has 1 aliphatic heterocycles. The first-order valence-corrected chi connectivity index (χ1v) is 6.40. The molecular weight excluding hydrogens is 252 g/mol. The van der Waals surface area contributed by atoms with Gasteiger partial charge in [0.05, 0.1) is 11.6 Å². The second-order valence-electron chi connectivity index (χ2n) is 4.30. The first-order valence-electron chi connectivity index (χ1n) is 6.02. The summed E-state index contributed by atoms with van der Waals surface area (Å²) in [7, 11) is 0. The summed E-state index contributed by atoms with van der Waals surface area (Å²) >= 11 is 6.01. The summed E-state index contributed by atoms with van der Waals surface area (Å²) in [4.78, 5) is 8.41. The van der Waals surface area contributed by atoms with Crippen molar-refractivity contribution in [1.29, 1.82) is 0 Å². The van der Waals surface area contributed by atoms with Crippen molar-refractivity contribution in [1.82, 2.24) is 20.4 Å². The first kappa shape index (κ1) is 11.6. The van der Waals surface area contributed by atoms with Crippen molar-refractivity contribution in [2.24, 2.45) is 0 Å². The Morgan fingerprint density at radius 1 is 1.39 bits per heavy atom. The van der Waals surface area contributed by atoms with Crippen LogP contribution in [0, 0.1) is 0 Å². The Labute approximate surface area is 110 Å². The fourth-order valence-electron chi connectivity index (χ4n) is 2.10. The lowest BCUT2D eigenvalue weighted by Crippen LogP contribution is -2.26. The maximum Gasteiger partial charge on any atom is 0.244 e. The molecule has 3 rings (SSSR count). The van der Waals surface area contributed by atoms with E-state index in [1.807, 2.05) is 6.07 Å². The first-order chi connectivity index (χ1) is 8.84. The summed E-state index contributed by atoms with van der Waals surface area (Å²) in [5.74, 6) is 1.13. The normalized spacial score (nSPS) is 19.9. The van der Waals surface area contributed by atoms with Crippen LogP contribution in [0.2, 0.25) is 5.15 Å². The summed E-state index contributed by atoms with van der Waals surface area (Å²) < 4.78 is 5.30. The molecule has 0 spiro atoms. The van der Waals surface area contributed by atoms with Gasteiger partial charge in [0.25, 0.3) is 0 Å². The Kier molecular flexibility index (Phi) is 3.25. The molecular formula is C12H13ClN4O. The summed E-state index contributed by atoms with van der Waals surface area (Å²) in [5, 5.41) is 7.73. The van der Waals surface area contributed by atoms with E-state index in [1.165, 1.54) is 12.8 Å². The lowest BCUT2D eigenvalue weighted by atomic mass is 10.1. The van der Waals surface area contributed by atoms with Crippen LogP contribution in [0.3, 0.4) is 0 Å². The Balaban J connectivity index is 1.87. The van der Waals surface area contributed by atoms with Crippen LogP contribution in [-0.2, 0) is 0 Å². The molecule has 0 amide bonds. The third-order valence-corrected chi connectivity index (χ3v) is 3.35. The fourth-order valence-corrected chi connectivity index (χ4v) is 2.31. The molecule has 94 valence electrons. The lowest BCUT2D eigenvalue weighted by molar-refractivity contribution is 0.297. The van der Waals surface area contributed by atoms with Crippen molar-refractivity contribution >= 4 is 11.6 Å². The number of nitrogens with one attached hydrogen (secondary N) is 1. The Bertz CT molecular complexity index is 536. The summed E-state index contributed by atoms with van der Waals surface area (Å²) in [6.45, 7) is 0.996. The molecule has 1 unspecified atom stereocenters. The Morgan fingerprint density at radius 2 is 2.33 bits per heavy atom. The maximum atomic E-state index is 6.01. The largest absolute Gasteiger partial charge is 0.337 e. The van der Waals surface area contributed by atoms with E-state index in [4.69, 9.17) is 16.1 Å². The van der Waals surface area contributed by atoms with E-state index in [0.717, 1.165) is 13.0 Å². The van der Waals surface area contributed by atoms with Crippen molar-refractivity contribution in [3.8, 4) is 11.4 Å². The van der Waals surface area contributed by atoms with Crippen LogP contribution in [0.4, 0.5) is 0 Å². The van der Waals surface area contributed by atoms with E-state index in [-0.39, 0.29) is 6.04 Å². The van der Waals surface area contributed by atoms with Gasteiger partial charge >= 0.3 is 0 Å². The van der Waals surface area contributed by atoms with Crippen molar-refractivity contribution in [3.63, 3.8) is 0 Å². The number of rotatable bonds is 2. The van der Waals surface area contributed by atoms with Gasteiger partial charge in [-0.2, -0.15) is 4.98 Å². The molecule has 5 nitrogen and oxygen atoms in total. The minimum absolute atomic E-state index is 0.162. The summed E-state index contributed by atoms with van der Waals surface area (Å²) in [6.07, 6.45) is 5.05. The average molecular weight is 265 g/mol. The van der Waals surface area contributed by atoms with Crippen LogP contribution in [-0.4, -0.2) is 21.7 Å². The molecule has 1 N–H and O–H groups in total. The molecule has 2 aromatic rings. The van der Waals surface area contributed by atoms with Crippen molar-refractivity contribution < 1.29 is 4.52 Å². The van der Waals surface area contributed by atoms with Crippen LogP contribution >= 0.6 is 11.6 Å². The molecule has 18 heavy (non-hydrogen) atoms. The third-order valence-electron chi connectivity index (χ3n) is 3.05. The van der Waals surface area contributed by atoms with E-state index >= 15 is 0 Å². The molecule has 1 aliphatic rings. The molecule has 0 radical (unpaired) electrons.